The molecule has 14 nitrogen and oxygen atoms in total. The van der Waals surface area contributed by atoms with E-state index in [1.54, 1.807) is 24.3 Å². The average Bonchev–Trinajstić information content (AvgIpc) is 3.61. The van der Waals surface area contributed by atoms with E-state index in [-0.39, 0.29) is 5.75 Å². The summed E-state index contributed by atoms with van der Waals surface area (Å²) in [6.45, 7) is -3.84. The smallest absolute Gasteiger partial charge is 0.303 e. The molecule has 0 radical (unpaired) electrons. The largest absolute Gasteiger partial charge is 0.463 e. The van der Waals surface area contributed by atoms with Gasteiger partial charge in [-0.2, -0.15) is 5.21 Å². The topological polar surface area (TPSA) is 178 Å². The molecule has 0 bridgehead atoms. The standard InChI is InChI=1S/C27H28N4O10/c1-14(32)36-13-22-23(37-15(2)33)24(38-16(3)34)25(39-17(4)35)27(41-22)40-21-11-9-19(10-12-21)18-5-7-20(8-6-18)26-28-30-31-29-26/h5-12,22-25,27H,13H2,1-4H3,(H,28,29,30,31)/t22-,23-,24+,25+,27?/m1/s1/i1D,2D,3D,4D. The highest BCUT2D eigenvalue weighted by molar-refractivity contribution is 5.69. The molecule has 1 aromatic heterocycles. The second kappa shape index (κ2) is 13.0. The minimum absolute atomic E-state index is 0.202. The van der Waals surface area contributed by atoms with E-state index in [0.717, 1.165) is 16.7 Å². The number of hydrogen-bond acceptors (Lipinski definition) is 13. The normalized spacial score (nSPS) is 23.1. The summed E-state index contributed by atoms with van der Waals surface area (Å²) in [5.41, 5.74) is 2.40. The minimum Gasteiger partial charge on any atom is -0.463 e. The Morgan fingerprint density at radius 2 is 1.34 bits per heavy atom. The number of benzene rings is 2. The number of aromatic amines is 1. The van der Waals surface area contributed by atoms with Gasteiger partial charge < -0.3 is 28.4 Å². The Hall–Kier alpha value is -4.85. The quantitative estimate of drug-likeness (QED) is 0.291. The Bertz CT molecular complexity index is 1450. The van der Waals surface area contributed by atoms with E-state index in [9.17, 15) is 19.2 Å². The first kappa shape index (κ1) is 24.0. The third-order valence-electron chi connectivity index (χ3n) is 5.73. The maximum atomic E-state index is 12.3. The molecule has 41 heavy (non-hydrogen) atoms. The fourth-order valence-corrected chi connectivity index (χ4v) is 4.10. The third-order valence-corrected chi connectivity index (χ3v) is 5.73. The molecule has 1 aliphatic rings. The minimum atomic E-state index is -1.65. The van der Waals surface area contributed by atoms with Crippen molar-refractivity contribution in [1.82, 2.24) is 20.6 Å². The van der Waals surface area contributed by atoms with Gasteiger partial charge in [-0.25, -0.2) is 0 Å². The fourth-order valence-electron chi connectivity index (χ4n) is 4.10. The summed E-state index contributed by atoms with van der Waals surface area (Å²) < 4.78 is 62.2. The van der Waals surface area contributed by atoms with Crippen LogP contribution in [0, 0.1) is 0 Å². The highest BCUT2D eigenvalue weighted by atomic mass is 16.7. The van der Waals surface area contributed by atoms with Gasteiger partial charge in [-0.1, -0.05) is 36.4 Å². The maximum absolute atomic E-state index is 12.3. The average molecular weight is 573 g/mol. The van der Waals surface area contributed by atoms with Gasteiger partial charge >= 0.3 is 23.9 Å². The summed E-state index contributed by atoms with van der Waals surface area (Å²) in [7, 11) is 0. The number of hydrogen-bond donors (Lipinski definition) is 1. The number of H-pyrrole nitrogens is 1. The van der Waals surface area contributed by atoms with Crippen LogP contribution in [-0.2, 0) is 42.9 Å². The number of carbonyl (C=O) groups is 4. The van der Waals surface area contributed by atoms with E-state index in [0.29, 0.717) is 5.82 Å². The molecule has 0 amide bonds. The number of nitrogens with one attached hydrogen (secondary N) is 1. The Balaban J connectivity index is 1.62. The molecule has 3 aromatic rings. The van der Waals surface area contributed by atoms with E-state index in [2.05, 4.69) is 20.6 Å². The molecule has 0 spiro atoms. The SMILES string of the molecule is [2H]CC(=O)OC[C@H]1OC(Oc2ccc(-c3ccc(-c4nn[nH]n4)cc3)cc2)[C@@H](OC(=O)C[2H])[C@@H](OC(=O)C[2H])[C@@H]1OC(=O)C[2H]. The van der Waals surface area contributed by atoms with Crippen molar-refractivity contribution in [3.63, 3.8) is 0 Å². The van der Waals surface area contributed by atoms with Crippen LogP contribution in [0.1, 0.15) is 33.1 Å². The summed E-state index contributed by atoms with van der Waals surface area (Å²) in [6, 6.07) is 14.0. The molecule has 14 heteroatoms. The van der Waals surface area contributed by atoms with Crippen molar-refractivity contribution in [1.29, 1.82) is 0 Å². The van der Waals surface area contributed by atoms with Gasteiger partial charge in [0.2, 0.25) is 18.2 Å². The Morgan fingerprint density at radius 1 is 0.780 bits per heavy atom. The molecular weight excluding hydrogens is 540 g/mol. The molecule has 0 aliphatic carbocycles. The van der Waals surface area contributed by atoms with Crippen molar-refractivity contribution in [3.8, 4) is 28.3 Å². The number of carbonyl (C=O) groups excluding carboxylic acids is 4. The first-order chi connectivity index (χ1) is 21.8. The Kier molecular flexibility index (Phi) is 7.61. The second-order valence-electron chi connectivity index (χ2n) is 8.54. The van der Waals surface area contributed by atoms with Crippen molar-refractivity contribution in [3.05, 3.63) is 48.5 Å². The lowest BCUT2D eigenvalue weighted by Gasteiger charge is -2.43. The number of aromatic nitrogens is 4. The van der Waals surface area contributed by atoms with Crippen LogP contribution in [0.5, 0.6) is 5.75 Å². The van der Waals surface area contributed by atoms with Crippen LogP contribution in [0.3, 0.4) is 0 Å². The molecule has 1 saturated heterocycles. The molecule has 4 rings (SSSR count). The van der Waals surface area contributed by atoms with Crippen LogP contribution in [0.25, 0.3) is 22.5 Å². The van der Waals surface area contributed by atoms with Crippen LogP contribution in [-0.4, -0.2) is 81.8 Å². The van der Waals surface area contributed by atoms with Gasteiger partial charge in [0.15, 0.2) is 12.2 Å². The number of nitrogens with zero attached hydrogens (tertiary/aromatic N) is 3. The van der Waals surface area contributed by atoms with Crippen LogP contribution in [0.15, 0.2) is 48.5 Å². The molecule has 0 saturated carbocycles. The van der Waals surface area contributed by atoms with Gasteiger partial charge in [-0.3, -0.25) is 19.2 Å². The second-order valence-corrected chi connectivity index (χ2v) is 8.54. The molecule has 5 atom stereocenters. The molecular formula is C27H28N4O10. The number of rotatable bonds is 9. The molecule has 1 N–H and O–H groups in total. The van der Waals surface area contributed by atoms with Crippen molar-refractivity contribution >= 4 is 23.9 Å². The van der Waals surface area contributed by atoms with Gasteiger partial charge in [0.1, 0.15) is 18.5 Å². The van der Waals surface area contributed by atoms with Crippen LogP contribution in [0.4, 0.5) is 0 Å². The lowest BCUT2D eigenvalue weighted by atomic mass is 9.98. The molecule has 1 unspecified atom stereocenters. The highest BCUT2D eigenvalue weighted by Gasteiger charge is 2.53. The lowest BCUT2D eigenvalue weighted by molar-refractivity contribution is -0.288. The van der Waals surface area contributed by atoms with Gasteiger partial charge in [-0.05, 0) is 28.5 Å². The predicted molar refractivity (Wildman–Crippen MR) is 138 cm³/mol. The van der Waals surface area contributed by atoms with Crippen LogP contribution in [0.2, 0.25) is 0 Å². The van der Waals surface area contributed by atoms with Gasteiger partial charge in [0.05, 0.1) is 0 Å². The molecule has 2 aromatic carbocycles. The van der Waals surface area contributed by atoms with E-state index in [1.165, 1.54) is 0 Å². The van der Waals surface area contributed by atoms with E-state index in [1.807, 2.05) is 24.3 Å². The Morgan fingerprint density at radius 3 is 1.93 bits per heavy atom. The number of ether oxygens (including phenoxy) is 6. The van der Waals surface area contributed by atoms with Crippen molar-refractivity contribution in [2.45, 2.75) is 58.3 Å². The predicted octanol–water partition coefficient (Wildman–Crippen LogP) is 2.00. The number of esters is 4. The first-order valence-corrected chi connectivity index (χ1v) is 11.9. The van der Waals surface area contributed by atoms with Crippen molar-refractivity contribution in [2.24, 2.45) is 0 Å². The van der Waals surface area contributed by atoms with Crippen LogP contribution < -0.4 is 4.74 Å². The molecule has 2 heterocycles. The summed E-state index contributed by atoms with van der Waals surface area (Å²) in [6.07, 6.45) is -7.80. The van der Waals surface area contributed by atoms with Gasteiger partial charge in [-0.15, -0.1) is 10.2 Å². The van der Waals surface area contributed by atoms with Gasteiger partial charge in [0.25, 0.3) is 0 Å². The maximum Gasteiger partial charge on any atom is 0.303 e. The zero-order valence-corrected chi connectivity index (χ0v) is 21.5. The lowest BCUT2D eigenvalue weighted by Crippen LogP contribution is -2.63. The van der Waals surface area contributed by atoms with E-state index in [4.69, 9.17) is 33.9 Å². The molecule has 216 valence electrons. The molecule has 1 aliphatic heterocycles. The summed E-state index contributed by atoms with van der Waals surface area (Å²) in [5, 5.41) is 13.8. The zero-order chi connectivity index (χ0) is 32.3. The third kappa shape index (κ3) is 7.63. The zero-order valence-electron chi connectivity index (χ0n) is 25.5. The van der Waals surface area contributed by atoms with E-state index < -0.39 is 88.8 Å². The monoisotopic (exact) mass is 572 g/mol. The van der Waals surface area contributed by atoms with Crippen molar-refractivity contribution < 1.29 is 53.1 Å². The summed E-state index contributed by atoms with van der Waals surface area (Å²) in [4.78, 5) is 48.4. The summed E-state index contributed by atoms with van der Waals surface area (Å²) in [5.74, 6) is -3.52. The Labute approximate surface area is 239 Å². The van der Waals surface area contributed by atoms with Gasteiger partial charge in [0, 0.05) is 38.6 Å². The first-order valence-electron chi connectivity index (χ1n) is 14.8. The molecule has 1 fully saturated rings. The fraction of sp³-hybridized carbons (Fsp3) is 0.370. The number of tetrazole rings is 1. The van der Waals surface area contributed by atoms with Crippen LogP contribution >= 0.6 is 0 Å². The summed E-state index contributed by atoms with van der Waals surface area (Å²) >= 11 is 0. The van der Waals surface area contributed by atoms with Crippen molar-refractivity contribution in [2.75, 3.05) is 6.61 Å². The highest BCUT2D eigenvalue weighted by Crippen LogP contribution is 2.32. The van der Waals surface area contributed by atoms with E-state index >= 15 is 0 Å².